The van der Waals surface area contributed by atoms with Gasteiger partial charge in [-0.1, -0.05) is 13.8 Å². The zero-order valence-corrected chi connectivity index (χ0v) is 10.9. The van der Waals surface area contributed by atoms with Gasteiger partial charge in [-0.05, 0) is 30.1 Å². The Kier molecular flexibility index (Phi) is 3.13. The highest BCUT2D eigenvalue weighted by Crippen LogP contribution is 2.58. The first-order chi connectivity index (χ1) is 8.34. The lowest BCUT2D eigenvalue weighted by atomic mass is 10.0. The number of carbonyl (C=O) groups excluding carboxylic acids is 1. The molecule has 102 valence electrons. The molecule has 0 bridgehead atoms. The molecule has 2 aliphatic rings. The van der Waals surface area contributed by atoms with Gasteiger partial charge >= 0.3 is 5.97 Å². The summed E-state index contributed by atoms with van der Waals surface area (Å²) < 4.78 is 0. The van der Waals surface area contributed by atoms with E-state index in [-0.39, 0.29) is 17.9 Å². The van der Waals surface area contributed by atoms with Crippen LogP contribution in [0.3, 0.4) is 0 Å². The van der Waals surface area contributed by atoms with E-state index in [2.05, 4.69) is 5.32 Å². The molecular formula is C13H21NO4. The van der Waals surface area contributed by atoms with Crippen LogP contribution in [0.25, 0.3) is 0 Å². The summed E-state index contributed by atoms with van der Waals surface area (Å²) in [6.07, 6.45) is 2.78. The van der Waals surface area contributed by atoms with E-state index in [9.17, 15) is 9.59 Å². The monoisotopic (exact) mass is 255 g/mol. The zero-order valence-electron chi connectivity index (χ0n) is 10.9. The molecule has 0 heterocycles. The number of nitrogens with one attached hydrogen (secondary N) is 1. The first-order valence-electron chi connectivity index (χ1n) is 6.45. The summed E-state index contributed by atoms with van der Waals surface area (Å²) >= 11 is 0. The fourth-order valence-electron chi connectivity index (χ4n) is 2.90. The van der Waals surface area contributed by atoms with E-state index < -0.39 is 23.2 Å². The van der Waals surface area contributed by atoms with Gasteiger partial charge in [-0.3, -0.25) is 9.59 Å². The Morgan fingerprint density at radius 3 is 2.28 bits per heavy atom. The normalized spacial score (nSPS) is 30.6. The van der Waals surface area contributed by atoms with Gasteiger partial charge < -0.3 is 15.5 Å². The average molecular weight is 255 g/mol. The predicted molar refractivity (Wildman–Crippen MR) is 64.8 cm³/mol. The van der Waals surface area contributed by atoms with Crippen molar-refractivity contribution in [3.05, 3.63) is 0 Å². The number of carboxylic acid groups (broad SMARTS) is 1. The number of carboxylic acids is 1. The van der Waals surface area contributed by atoms with Gasteiger partial charge in [-0.2, -0.15) is 0 Å². The number of rotatable bonds is 6. The molecule has 2 rings (SSSR count). The minimum atomic E-state index is -0.892. The summed E-state index contributed by atoms with van der Waals surface area (Å²) in [7, 11) is 0. The molecule has 2 atom stereocenters. The molecule has 18 heavy (non-hydrogen) atoms. The second kappa shape index (κ2) is 4.23. The predicted octanol–water partition coefficient (Wildman–Crippen LogP) is 0.622. The second-order valence-electron chi connectivity index (χ2n) is 6.31. The molecule has 0 aromatic carbocycles. The van der Waals surface area contributed by atoms with Crippen molar-refractivity contribution >= 4 is 11.9 Å². The van der Waals surface area contributed by atoms with Crippen LogP contribution in [0, 0.1) is 22.7 Å². The Morgan fingerprint density at radius 1 is 1.28 bits per heavy atom. The van der Waals surface area contributed by atoms with Crippen molar-refractivity contribution in [1.82, 2.24) is 5.32 Å². The summed E-state index contributed by atoms with van der Waals surface area (Å²) in [4.78, 5) is 23.0. The molecule has 0 aromatic rings. The average Bonchev–Trinajstić information content (AvgIpc) is 3.13. The van der Waals surface area contributed by atoms with E-state index in [0.29, 0.717) is 13.0 Å². The quantitative estimate of drug-likeness (QED) is 0.649. The highest BCUT2D eigenvalue weighted by atomic mass is 16.4. The second-order valence-corrected chi connectivity index (χ2v) is 6.31. The summed E-state index contributed by atoms with van der Waals surface area (Å²) in [6, 6.07) is 0. The van der Waals surface area contributed by atoms with E-state index in [0.717, 1.165) is 12.8 Å². The minimum absolute atomic E-state index is 0.0716. The molecule has 0 radical (unpaired) electrons. The fraction of sp³-hybridized carbons (Fsp3) is 0.846. The van der Waals surface area contributed by atoms with Gasteiger partial charge in [0.15, 0.2) is 0 Å². The molecule has 0 aromatic heterocycles. The molecule has 0 saturated heterocycles. The Labute approximate surface area is 107 Å². The lowest BCUT2D eigenvalue weighted by molar-refractivity contribution is -0.140. The van der Waals surface area contributed by atoms with E-state index in [1.54, 1.807) is 0 Å². The Balaban J connectivity index is 1.85. The maximum atomic E-state index is 12.0. The van der Waals surface area contributed by atoms with E-state index in [1.807, 2.05) is 13.8 Å². The van der Waals surface area contributed by atoms with Crippen LogP contribution in [0.5, 0.6) is 0 Å². The maximum Gasteiger partial charge on any atom is 0.307 e. The molecule has 3 N–H and O–H groups in total. The molecule has 0 spiro atoms. The molecule has 0 aliphatic heterocycles. The van der Waals surface area contributed by atoms with Crippen LogP contribution >= 0.6 is 0 Å². The first kappa shape index (κ1) is 13.3. The molecule has 5 nitrogen and oxygen atoms in total. The third-order valence-corrected chi connectivity index (χ3v) is 4.61. The number of carbonyl (C=O) groups is 2. The molecule has 2 aliphatic carbocycles. The Bertz CT molecular complexity index is 373. The van der Waals surface area contributed by atoms with Crippen molar-refractivity contribution < 1.29 is 19.8 Å². The molecule has 0 unspecified atom stereocenters. The zero-order chi connectivity index (χ0) is 13.6. The third kappa shape index (κ3) is 2.23. The lowest BCUT2D eigenvalue weighted by Gasteiger charge is -2.14. The standard InChI is InChI=1S/C13H21NO4/c1-12(2)8(9(12)11(17)18)10(16)14-7-13(3-4-13)5-6-15/h8-9,15H,3-7H2,1-2H3,(H,14,16)(H,17,18)/t8-,9+/m1/s1. The van der Waals surface area contributed by atoms with Crippen LogP contribution < -0.4 is 5.32 Å². The molecular weight excluding hydrogens is 234 g/mol. The van der Waals surface area contributed by atoms with E-state index in [4.69, 9.17) is 10.2 Å². The van der Waals surface area contributed by atoms with E-state index in [1.165, 1.54) is 0 Å². The topological polar surface area (TPSA) is 86.6 Å². The third-order valence-electron chi connectivity index (χ3n) is 4.61. The lowest BCUT2D eigenvalue weighted by Crippen LogP contribution is -2.33. The van der Waals surface area contributed by atoms with Gasteiger partial charge in [-0.25, -0.2) is 0 Å². The summed E-state index contributed by atoms with van der Waals surface area (Å²) in [5.41, 5.74) is -0.369. The summed E-state index contributed by atoms with van der Waals surface area (Å²) in [5.74, 6) is -2.03. The van der Waals surface area contributed by atoms with Crippen LogP contribution in [0.2, 0.25) is 0 Å². The van der Waals surface area contributed by atoms with Gasteiger partial charge in [0.25, 0.3) is 0 Å². The Hall–Kier alpha value is -1.10. The first-order valence-corrected chi connectivity index (χ1v) is 6.45. The van der Waals surface area contributed by atoms with Gasteiger partial charge in [-0.15, -0.1) is 0 Å². The highest BCUT2D eigenvalue weighted by molar-refractivity contribution is 5.91. The summed E-state index contributed by atoms with van der Waals surface area (Å²) in [5, 5.41) is 20.8. The SMILES string of the molecule is CC1(C)[C@H](C(=O)O)[C@@H]1C(=O)NCC1(CCO)CC1. The van der Waals surface area contributed by atoms with Gasteiger partial charge in [0.1, 0.15) is 0 Å². The molecule has 5 heteroatoms. The summed E-state index contributed by atoms with van der Waals surface area (Å²) in [6.45, 7) is 4.33. The molecule has 2 saturated carbocycles. The van der Waals surface area contributed by atoms with Crippen LogP contribution in [0.15, 0.2) is 0 Å². The van der Waals surface area contributed by atoms with Crippen LogP contribution in [0.4, 0.5) is 0 Å². The highest BCUT2D eigenvalue weighted by Gasteiger charge is 2.66. The minimum Gasteiger partial charge on any atom is -0.481 e. The number of amides is 1. The number of hydrogen-bond donors (Lipinski definition) is 3. The van der Waals surface area contributed by atoms with Gasteiger partial charge in [0.05, 0.1) is 11.8 Å². The Morgan fingerprint density at radius 2 is 1.89 bits per heavy atom. The largest absolute Gasteiger partial charge is 0.481 e. The maximum absolute atomic E-state index is 12.0. The van der Waals surface area contributed by atoms with Gasteiger partial charge in [0, 0.05) is 13.2 Å². The van der Waals surface area contributed by atoms with Crippen molar-refractivity contribution in [2.24, 2.45) is 22.7 Å². The number of aliphatic carboxylic acids is 1. The molecule has 1 amide bonds. The molecule has 2 fully saturated rings. The smallest absolute Gasteiger partial charge is 0.307 e. The van der Waals surface area contributed by atoms with Gasteiger partial charge in [0.2, 0.25) is 5.91 Å². The fourth-order valence-corrected chi connectivity index (χ4v) is 2.90. The van der Waals surface area contributed by atoms with Crippen LogP contribution in [0.1, 0.15) is 33.1 Å². The van der Waals surface area contributed by atoms with Crippen LogP contribution in [-0.2, 0) is 9.59 Å². The van der Waals surface area contributed by atoms with Crippen LogP contribution in [-0.4, -0.2) is 35.2 Å². The van der Waals surface area contributed by atoms with Crippen molar-refractivity contribution in [1.29, 1.82) is 0 Å². The number of aliphatic hydroxyl groups is 1. The van der Waals surface area contributed by atoms with Crippen molar-refractivity contribution in [3.8, 4) is 0 Å². The number of hydrogen-bond acceptors (Lipinski definition) is 3. The van der Waals surface area contributed by atoms with E-state index >= 15 is 0 Å². The van der Waals surface area contributed by atoms with Crippen molar-refractivity contribution in [2.75, 3.05) is 13.2 Å². The van der Waals surface area contributed by atoms with Crippen molar-refractivity contribution in [3.63, 3.8) is 0 Å². The number of aliphatic hydroxyl groups excluding tert-OH is 1. The van der Waals surface area contributed by atoms with Crippen molar-refractivity contribution in [2.45, 2.75) is 33.1 Å².